The Morgan fingerprint density at radius 2 is 1.64 bits per heavy atom. The van der Waals surface area contributed by atoms with Gasteiger partial charge in [-0.05, 0) is 30.0 Å². The van der Waals surface area contributed by atoms with Crippen LogP contribution in [-0.4, -0.2) is 29.6 Å². The van der Waals surface area contributed by atoms with Gasteiger partial charge >= 0.3 is 0 Å². The molecule has 0 unspecified atom stereocenters. The van der Waals surface area contributed by atoms with Crippen molar-refractivity contribution in [1.82, 2.24) is 10.6 Å². The van der Waals surface area contributed by atoms with Crippen LogP contribution in [0.3, 0.4) is 0 Å². The lowest BCUT2D eigenvalue weighted by Gasteiger charge is -2.22. The predicted molar refractivity (Wildman–Crippen MR) is 111 cm³/mol. The van der Waals surface area contributed by atoms with Gasteiger partial charge in [-0.25, -0.2) is 0 Å². The minimum atomic E-state index is -0.511. The molecule has 0 spiro atoms. The molecule has 2 atom stereocenters. The molecule has 2 rings (SSSR count). The highest BCUT2D eigenvalue weighted by Gasteiger charge is 2.22. The Balaban J connectivity index is 2.13. The molecular weight excluding hydrogens is 376 g/mol. The molecule has 0 saturated heterocycles. The van der Waals surface area contributed by atoms with Crippen LogP contribution >= 0.6 is 11.6 Å². The molecule has 2 aromatic carbocycles. The van der Waals surface area contributed by atoms with Gasteiger partial charge in [0.25, 0.3) is 5.91 Å². The Hall–Kier alpha value is -2.37. The number of hydrogen-bond acceptors (Lipinski definition) is 3. The van der Waals surface area contributed by atoms with Gasteiger partial charge in [0.15, 0.2) is 0 Å². The van der Waals surface area contributed by atoms with E-state index >= 15 is 0 Å². The number of aliphatic hydroxyl groups is 1. The minimum absolute atomic E-state index is 0.0643. The number of nitrogens with one attached hydrogen (secondary N) is 2. The fourth-order valence-corrected chi connectivity index (χ4v) is 3.26. The van der Waals surface area contributed by atoms with E-state index in [2.05, 4.69) is 10.6 Å². The summed E-state index contributed by atoms with van der Waals surface area (Å²) in [5.41, 5.74) is 1.18. The van der Waals surface area contributed by atoms with Crippen molar-refractivity contribution in [2.75, 3.05) is 6.61 Å². The molecule has 150 valence electrons. The summed E-state index contributed by atoms with van der Waals surface area (Å²) in [6.45, 7) is 3.95. The van der Waals surface area contributed by atoms with E-state index in [1.807, 2.05) is 44.2 Å². The quantitative estimate of drug-likeness (QED) is 0.598. The maximum atomic E-state index is 12.7. The van der Waals surface area contributed by atoms with Gasteiger partial charge in [-0.3, -0.25) is 9.59 Å². The zero-order chi connectivity index (χ0) is 20.5. The number of benzene rings is 2. The summed E-state index contributed by atoms with van der Waals surface area (Å²) in [5.74, 6) is -0.219. The van der Waals surface area contributed by atoms with Crippen LogP contribution in [0.15, 0.2) is 54.6 Å². The van der Waals surface area contributed by atoms with Crippen LogP contribution in [0.2, 0.25) is 5.02 Å². The third kappa shape index (κ3) is 6.66. The highest BCUT2D eigenvalue weighted by atomic mass is 35.5. The molecule has 0 bridgehead atoms. The van der Waals surface area contributed by atoms with Crippen molar-refractivity contribution >= 4 is 23.4 Å². The smallest absolute Gasteiger partial charge is 0.253 e. The van der Waals surface area contributed by atoms with Gasteiger partial charge < -0.3 is 15.7 Å². The second-order valence-corrected chi connectivity index (χ2v) is 7.60. The maximum Gasteiger partial charge on any atom is 0.253 e. The van der Waals surface area contributed by atoms with Gasteiger partial charge in [0, 0.05) is 0 Å². The highest BCUT2D eigenvalue weighted by molar-refractivity contribution is 6.33. The first-order valence-corrected chi connectivity index (χ1v) is 9.79. The van der Waals surface area contributed by atoms with E-state index < -0.39 is 6.04 Å². The number of amides is 2. The first-order chi connectivity index (χ1) is 13.4. The van der Waals surface area contributed by atoms with Gasteiger partial charge in [-0.1, -0.05) is 67.9 Å². The molecule has 5 nitrogen and oxygen atoms in total. The number of hydrogen-bond donors (Lipinski definition) is 3. The van der Waals surface area contributed by atoms with Crippen LogP contribution in [-0.2, 0) is 4.79 Å². The lowest BCUT2D eigenvalue weighted by Crippen LogP contribution is -2.41. The van der Waals surface area contributed by atoms with Crippen molar-refractivity contribution in [2.45, 2.75) is 38.8 Å². The zero-order valence-corrected chi connectivity index (χ0v) is 16.9. The fraction of sp³-hybridized carbons (Fsp3) is 0.364. The minimum Gasteiger partial charge on any atom is -0.394 e. The van der Waals surface area contributed by atoms with Crippen LogP contribution in [0, 0.1) is 5.92 Å². The molecule has 3 N–H and O–H groups in total. The van der Waals surface area contributed by atoms with Crippen LogP contribution in [0.4, 0.5) is 0 Å². The second kappa shape index (κ2) is 10.8. The average molecular weight is 403 g/mol. The molecule has 0 saturated carbocycles. The van der Waals surface area contributed by atoms with E-state index in [1.54, 1.807) is 24.3 Å². The predicted octanol–water partition coefficient (Wildman–Crippen LogP) is 3.72. The number of carbonyl (C=O) groups is 2. The Labute approximate surface area is 171 Å². The zero-order valence-electron chi connectivity index (χ0n) is 16.2. The molecule has 0 aliphatic carbocycles. The molecule has 0 heterocycles. The molecule has 0 radical (unpaired) electrons. The van der Waals surface area contributed by atoms with Gasteiger partial charge in [-0.2, -0.15) is 0 Å². The van der Waals surface area contributed by atoms with E-state index in [-0.39, 0.29) is 30.9 Å². The van der Waals surface area contributed by atoms with Crippen LogP contribution in [0.25, 0.3) is 0 Å². The Morgan fingerprint density at radius 1 is 1.00 bits per heavy atom. The summed E-state index contributed by atoms with van der Waals surface area (Å²) in [7, 11) is 0. The lowest BCUT2D eigenvalue weighted by atomic mass is 10.0. The molecule has 6 heteroatoms. The van der Waals surface area contributed by atoms with Gasteiger partial charge in [-0.15, -0.1) is 0 Å². The lowest BCUT2D eigenvalue weighted by molar-refractivity contribution is -0.122. The monoisotopic (exact) mass is 402 g/mol. The van der Waals surface area contributed by atoms with E-state index in [4.69, 9.17) is 11.6 Å². The second-order valence-electron chi connectivity index (χ2n) is 7.20. The van der Waals surface area contributed by atoms with Crippen molar-refractivity contribution in [3.63, 3.8) is 0 Å². The Kier molecular flexibility index (Phi) is 8.48. The molecule has 2 aromatic rings. The third-order valence-corrected chi connectivity index (χ3v) is 4.69. The first-order valence-electron chi connectivity index (χ1n) is 9.41. The standard InChI is InChI=1S/C22H27ClN2O3/c1-15(2)12-17(14-26)24-21(27)13-20(16-8-4-3-5-9-16)25-22(28)18-10-6-7-11-19(18)23/h3-11,15,17,20,26H,12-14H2,1-2H3,(H,24,27)(H,25,28)/t17-,20+/m0/s1. The maximum absolute atomic E-state index is 12.7. The van der Waals surface area contributed by atoms with Crippen molar-refractivity contribution in [3.8, 4) is 0 Å². The molecule has 0 aliphatic heterocycles. The summed E-state index contributed by atoms with van der Waals surface area (Å²) in [4.78, 5) is 25.3. The highest BCUT2D eigenvalue weighted by Crippen LogP contribution is 2.20. The van der Waals surface area contributed by atoms with Gasteiger partial charge in [0.2, 0.25) is 5.91 Å². The normalized spacial score (nSPS) is 13.0. The largest absolute Gasteiger partial charge is 0.394 e. The molecule has 28 heavy (non-hydrogen) atoms. The van der Waals surface area contributed by atoms with Crippen LogP contribution < -0.4 is 10.6 Å². The molecule has 0 aliphatic rings. The summed E-state index contributed by atoms with van der Waals surface area (Å²) in [6.07, 6.45) is 0.749. The van der Waals surface area contributed by atoms with Crippen LogP contribution in [0.5, 0.6) is 0 Å². The van der Waals surface area contributed by atoms with Gasteiger partial charge in [0.05, 0.1) is 35.7 Å². The number of carbonyl (C=O) groups excluding carboxylic acids is 2. The van der Waals surface area contributed by atoms with Crippen molar-refractivity contribution in [1.29, 1.82) is 0 Å². The van der Waals surface area contributed by atoms with Crippen molar-refractivity contribution in [2.24, 2.45) is 5.92 Å². The number of rotatable bonds is 9. The summed E-state index contributed by atoms with van der Waals surface area (Å²) in [6, 6.07) is 15.3. The summed E-state index contributed by atoms with van der Waals surface area (Å²) >= 11 is 6.12. The van der Waals surface area contributed by atoms with E-state index in [1.165, 1.54) is 0 Å². The molecule has 0 aromatic heterocycles. The van der Waals surface area contributed by atoms with E-state index in [0.29, 0.717) is 22.9 Å². The van der Waals surface area contributed by atoms with Crippen molar-refractivity contribution < 1.29 is 14.7 Å². The van der Waals surface area contributed by atoms with E-state index in [0.717, 1.165) is 5.56 Å². The first kappa shape index (κ1) is 21.9. The molecular formula is C22H27ClN2O3. The summed E-state index contributed by atoms with van der Waals surface area (Å²) in [5, 5.41) is 15.6. The third-order valence-electron chi connectivity index (χ3n) is 4.36. The Bertz CT molecular complexity index is 780. The topological polar surface area (TPSA) is 78.4 Å². The molecule has 0 fully saturated rings. The van der Waals surface area contributed by atoms with Crippen LogP contribution in [0.1, 0.15) is 48.7 Å². The van der Waals surface area contributed by atoms with E-state index in [9.17, 15) is 14.7 Å². The van der Waals surface area contributed by atoms with Crippen molar-refractivity contribution in [3.05, 3.63) is 70.7 Å². The number of halogens is 1. The summed E-state index contributed by atoms with van der Waals surface area (Å²) < 4.78 is 0. The average Bonchev–Trinajstić information content (AvgIpc) is 2.67. The fourth-order valence-electron chi connectivity index (χ4n) is 3.04. The van der Waals surface area contributed by atoms with Gasteiger partial charge in [0.1, 0.15) is 0 Å². The number of aliphatic hydroxyl groups excluding tert-OH is 1. The Morgan fingerprint density at radius 3 is 2.25 bits per heavy atom. The molecule has 2 amide bonds. The SMILES string of the molecule is CC(C)C[C@@H](CO)NC(=O)C[C@@H](NC(=O)c1ccccc1Cl)c1ccccc1.